The van der Waals surface area contributed by atoms with Gasteiger partial charge in [-0.1, -0.05) is 0 Å². The molecular formula is C9H8FNO. The number of hydrogen-bond acceptors (Lipinski definition) is 2. The van der Waals surface area contributed by atoms with E-state index in [0.717, 1.165) is 0 Å². The molecule has 0 aliphatic carbocycles. The third-order valence-corrected chi connectivity index (χ3v) is 1.43. The number of rotatable bonds is 2. The molecule has 1 aromatic rings. The molecule has 3 heteroatoms. The van der Waals surface area contributed by atoms with Crippen LogP contribution in [0.3, 0.4) is 0 Å². The van der Waals surface area contributed by atoms with Crippen molar-refractivity contribution in [3.05, 3.63) is 29.6 Å². The molecule has 0 bridgehead atoms. The van der Waals surface area contributed by atoms with Gasteiger partial charge in [-0.05, 0) is 30.7 Å². The van der Waals surface area contributed by atoms with Gasteiger partial charge in [0.05, 0.1) is 0 Å². The first-order valence-corrected chi connectivity index (χ1v) is 3.50. The monoisotopic (exact) mass is 165 g/mol. The molecule has 0 spiro atoms. The summed E-state index contributed by atoms with van der Waals surface area (Å²) in [5, 5.41) is 8.20. The van der Waals surface area contributed by atoms with Gasteiger partial charge in [0.1, 0.15) is 17.6 Å². The third-order valence-electron chi connectivity index (χ3n) is 1.43. The molecule has 0 aliphatic heterocycles. The van der Waals surface area contributed by atoms with Crippen molar-refractivity contribution < 1.29 is 9.13 Å². The third kappa shape index (κ3) is 1.96. The number of benzene rings is 1. The predicted molar refractivity (Wildman–Crippen MR) is 42.2 cm³/mol. The van der Waals surface area contributed by atoms with Crippen molar-refractivity contribution in [3.8, 4) is 11.8 Å². The molecule has 62 valence electrons. The molecule has 0 aliphatic rings. The SMILES string of the molecule is Cc1cc(OCC#N)ccc1F. The van der Waals surface area contributed by atoms with Crippen molar-refractivity contribution in [2.24, 2.45) is 0 Å². The fraction of sp³-hybridized carbons (Fsp3) is 0.222. The van der Waals surface area contributed by atoms with Crippen molar-refractivity contribution in [1.82, 2.24) is 0 Å². The van der Waals surface area contributed by atoms with E-state index in [2.05, 4.69) is 0 Å². The largest absolute Gasteiger partial charge is 0.479 e. The van der Waals surface area contributed by atoms with E-state index in [0.29, 0.717) is 11.3 Å². The van der Waals surface area contributed by atoms with Crippen LogP contribution in [0.25, 0.3) is 0 Å². The van der Waals surface area contributed by atoms with E-state index in [-0.39, 0.29) is 12.4 Å². The predicted octanol–water partition coefficient (Wildman–Crippen LogP) is 2.04. The van der Waals surface area contributed by atoms with Crippen molar-refractivity contribution in [1.29, 1.82) is 5.26 Å². The van der Waals surface area contributed by atoms with Gasteiger partial charge >= 0.3 is 0 Å². The fourth-order valence-corrected chi connectivity index (χ4v) is 0.823. The Labute approximate surface area is 70.2 Å². The van der Waals surface area contributed by atoms with Crippen LogP contribution in [0.2, 0.25) is 0 Å². The second-order valence-corrected chi connectivity index (χ2v) is 2.36. The van der Waals surface area contributed by atoms with E-state index < -0.39 is 0 Å². The minimum Gasteiger partial charge on any atom is -0.479 e. The Morgan fingerprint density at radius 3 is 2.92 bits per heavy atom. The van der Waals surface area contributed by atoms with Gasteiger partial charge in [0.2, 0.25) is 0 Å². The van der Waals surface area contributed by atoms with Crippen LogP contribution in [0.15, 0.2) is 18.2 Å². The van der Waals surface area contributed by atoms with Gasteiger partial charge < -0.3 is 4.74 Å². The standard InChI is InChI=1S/C9H8FNO/c1-7-6-8(12-5-4-11)2-3-9(7)10/h2-3,6H,5H2,1H3. The smallest absolute Gasteiger partial charge is 0.174 e. The Hall–Kier alpha value is -1.56. The summed E-state index contributed by atoms with van der Waals surface area (Å²) < 4.78 is 17.7. The van der Waals surface area contributed by atoms with Gasteiger partial charge in [0.25, 0.3) is 0 Å². The molecule has 0 saturated heterocycles. The van der Waals surface area contributed by atoms with E-state index >= 15 is 0 Å². The first kappa shape index (κ1) is 8.54. The molecule has 0 heterocycles. The quantitative estimate of drug-likeness (QED) is 0.671. The van der Waals surface area contributed by atoms with Crippen LogP contribution in [0.4, 0.5) is 4.39 Å². The van der Waals surface area contributed by atoms with Crippen molar-refractivity contribution in [3.63, 3.8) is 0 Å². The Bertz CT molecular complexity index is 317. The second kappa shape index (κ2) is 3.72. The zero-order chi connectivity index (χ0) is 8.97. The van der Waals surface area contributed by atoms with Crippen LogP contribution in [0, 0.1) is 24.1 Å². The van der Waals surface area contributed by atoms with Crippen molar-refractivity contribution >= 4 is 0 Å². The molecule has 1 rings (SSSR count). The maximum Gasteiger partial charge on any atom is 0.174 e. The molecule has 0 atom stereocenters. The van der Waals surface area contributed by atoms with Gasteiger partial charge in [-0.25, -0.2) is 4.39 Å². The molecular weight excluding hydrogens is 157 g/mol. The zero-order valence-electron chi connectivity index (χ0n) is 6.67. The summed E-state index contributed by atoms with van der Waals surface area (Å²) in [7, 11) is 0. The van der Waals surface area contributed by atoms with Crippen LogP contribution in [-0.4, -0.2) is 6.61 Å². The average Bonchev–Trinajstić information content (AvgIpc) is 2.07. The van der Waals surface area contributed by atoms with Gasteiger partial charge in [-0.3, -0.25) is 0 Å². The molecule has 0 radical (unpaired) electrons. The molecule has 0 unspecified atom stereocenters. The molecule has 1 aromatic carbocycles. The lowest BCUT2D eigenvalue weighted by Gasteiger charge is -2.02. The van der Waals surface area contributed by atoms with E-state index in [4.69, 9.17) is 10.00 Å². The van der Waals surface area contributed by atoms with E-state index in [1.165, 1.54) is 12.1 Å². The number of ether oxygens (including phenoxy) is 1. The summed E-state index contributed by atoms with van der Waals surface area (Å²) in [6.45, 7) is 1.64. The van der Waals surface area contributed by atoms with Gasteiger partial charge in [-0.15, -0.1) is 0 Å². The Balaban J connectivity index is 2.77. The number of nitrogens with zero attached hydrogens (tertiary/aromatic N) is 1. The van der Waals surface area contributed by atoms with Crippen molar-refractivity contribution in [2.75, 3.05) is 6.61 Å². The van der Waals surface area contributed by atoms with Gasteiger partial charge in [0, 0.05) is 0 Å². The highest BCUT2D eigenvalue weighted by Crippen LogP contribution is 2.15. The molecule has 0 saturated carbocycles. The molecule has 0 amide bonds. The Morgan fingerprint density at radius 1 is 1.58 bits per heavy atom. The lowest BCUT2D eigenvalue weighted by molar-refractivity contribution is 0.367. The molecule has 0 N–H and O–H groups in total. The first-order chi connectivity index (χ1) is 5.74. The number of hydrogen-bond donors (Lipinski definition) is 0. The van der Waals surface area contributed by atoms with Gasteiger partial charge in [0.15, 0.2) is 6.61 Å². The summed E-state index contributed by atoms with van der Waals surface area (Å²) in [6.07, 6.45) is 0. The summed E-state index contributed by atoms with van der Waals surface area (Å²) in [5.41, 5.74) is 0.519. The molecule has 2 nitrogen and oxygen atoms in total. The second-order valence-electron chi connectivity index (χ2n) is 2.36. The highest BCUT2D eigenvalue weighted by molar-refractivity contribution is 5.28. The van der Waals surface area contributed by atoms with Crippen molar-refractivity contribution in [2.45, 2.75) is 6.92 Å². The van der Waals surface area contributed by atoms with Crippen LogP contribution in [0.5, 0.6) is 5.75 Å². The topological polar surface area (TPSA) is 33.0 Å². The Morgan fingerprint density at radius 2 is 2.33 bits per heavy atom. The zero-order valence-corrected chi connectivity index (χ0v) is 6.67. The highest BCUT2D eigenvalue weighted by Gasteiger charge is 1.98. The number of nitriles is 1. The normalized spacial score (nSPS) is 9.08. The summed E-state index contributed by atoms with van der Waals surface area (Å²) in [6, 6.07) is 6.22. The molecule has 12 heavy (non-hydrogen) atoms. The summed E-state index contributed by atoms with van der Waals surface area (Å²) in [5.74, 6) is 0.259. The van der Waals surface area contributed by atoms with Gasteiger partial charge in [-0.2, -0.15) is 5.26 Å². The Kier molecular flexibility index (Phi) is 2.65. The van der Waals surface area contributed by atoms with Crippen LogP contribution >= 0.6 is 0 Å². The first-order valence-electron chi connectivity index (χ1n) is 3.50. The van der Waals surface area contributed by atoms with Crippen LogP contribution in [-0.2, 0) is 0 Å². The average molecular weight is 165 g/mol. The lowest BCUT2D eigenvalue weighted by atomic mass is 10.2. The van der Waals surface area contributed by atoms with E-state index in [9.17, 15) is 4.39 Å². The lowest BCUT2D eigenvalue weighted by Crippen LogP contribution is -1.94. The maximum atomic E-state index is 12.7. The fourth-order valence-electron chi connectivity index (χ4n) is 0.823. The molecule has 0 aromatic heterocycles. The molecule has 0 fully saturated rings. The highest BCUT2D eigenvalue weighted by atomic mass is 19.1. The minimum absolute atomic E-state index is 0.00886. The summed E-state index contributed by atoms with van der Waals surface area (Å²) in [4.78, 5) is 0. The maximum absolute atomic E-state index is 12.7. The van der Waals surface area contributed by atoms with Crippen LogP contribution in [0.1, 0.15) is 5.56 Å². The van der Waals surface area contributed by atoms with E-state index in [1.807, 2.05) is 6.07 Å². The minimum atomic E-state index is -0.265. The van der Waals surface area contributed by atoms with Crippen LogP contribution < -0.4 is 4.74 Å². The summed E-state index contributed by atoms with van der Waals surface area (Å²) >= 11 is 0. The number of halogens is 1. The number of aryl methyl sites for hydroxylation is 1. The van der Waals surface area contributed by atoms with E-state index in [1.54, 1.807) is 13.0 Å².